The van der Waals surface area contributed by atoms with Crippen molar-refractivity contribution in [3.05, 3.63) is 70.9 Å². The Morgan fingerprint density at radius 2 is 1.87 bits per heavy atom. The first kappa shape index (κ1) is 20.6. The number of fused-ring (bicyclic) bond motifs is 1. The van der Waals surface area contributed by atoms with Crippen LogP contribution in [0.3, 0.4) is 0 Å². The number of methoxy groups -OCH3 is 1. The van der Waals surface area contributed by atoms with Crippen molar-refractivity contribution in [2.24, 2.45) is 0 Å². The standard InChI is InChI=1S/C23H21N3O4S/c1-4-30-22(28)17-7-5-6-8-18(17)24-21(27)20-14(2)26-13-19(25-23(26)31-20)15-9-11-16(29-3)12-10-15/h5-13H,4H2,1-3H3,(H,24,27). The summed E-state index contributed by atoms with van der Waals surface area (Å²) in [7, 11) is 1.63. The zero-order valence-electron chi connectivity index (χ0n) is 17.3. The van der Waals surface area contributed by atoms with Gasteiger partial charge in [0.15, 0.2) is 4.96 Å². The van der Waals surface area contributed by atoms with Crippen LogP contribution in [0.4, 0.5) is 5.69 Å². The molecule has 0 spiro atoms. The topological polar surface area (TPSA) is 81.9 Å². The van der Waals surface area contributed by atoms with E-state index in [0.717, 1.165) is 22.7 Å². The van der Waals surface area contributed by atoms with Gasteiger partial charge in [-0.2, -0.15) is 0 Å². The monoisotopic (exact) mass is 435 g/mol. The molecule has 0 fully saturated rings. The van der Waals surface area contributed by atoms with Gasteiger partial charge in [-0.1, -0.05) is 23.5 Å². The van der Waals surface area contributed by atoms with Crippen LogP contribution >= 0.6 is 11.3 Å². The van der Waals surface area contributed by atoms with Crippen molar-refractivity contribution in [2.45, 2.75) is 13.8 Å². The van der Waals surface area contributed by atoms with Crippen LogP contribution in [0.5, 0.6) is 5.75 Å². The zero-order valence-corrected chi connectivity index (χ0v) is 18.2. The van der Waals surface area contributed by atoms with Crippen molar-refractivity contribution in [3.63, 3.8) is 0 Å². The Labute approximate surface area is 183 Å². The lowest BCUT2D eigenvalue weighted by atomic mass is 10.1. The number of rotatable bonds is 6. The van der Waals surface area contributed by atoms with Crippen LogP contribution in [0, 0.1) is 6.92 Å². The molecule has 8 heteroatoms. The predicted molar refractivity (Wildman–Crippen MR) is 120 cm³/mol. The molecule has 0 aliphatic carbocycles. The van der Waals surface area contributed by atoms with Crippen molar-refractivity contribution >= 4 is 33.9 Å². The maximum absolute atomic E-state index is 13.0. The number of imidazole rings is 1. The first-order valence-electron chi connectivity index (χ1n) is 9.72. The summed E-state index contributed by atoms with van der Waals surface area (Å²) >= 11 is 1.30. The highest BCUT2D eigenvalue weighted by Crippen LogP contribution is 2.29. The fourth-order valence-electron chi connectivity index (χ4n) is 3.22. The molecule has 1 amide bonds. The van der Waals surface area contributed by atoms with E-state index in [1.807, 2.05) is 41.8 Å². The molecule has 0 aliphatic rings. The summed E-state index contributed by atoms with van der Waals surface area (Å²) in [6, 6.07) is 14.5. The Hall–Kier alpha value is -3.65. The number of aryl methyl sites for hydroxylation is 1. The molecule has 4 rings (SSSR count). The number of amides is 1. The van der Waals surface area contributed by atoms with Crippen LogP contribution in [0.15, 0.2) is 54.7 Å². The van der Waals surface area contributed by atoms with Gasteiger partial charge >= 0.3 is 5.97 Å². The first-order valence-corrected chi connectivity index (χ1v) is 10.5. The molecular formula is C23H21N3O4S. The minimum Gasteiger partial charge on any atom is -0.497 e. The van der Waals surface area contributed by atoms with E-state index in [-0.39, 0.29) is 12.5 Å². The summed E-state index contributed by atoms with van der Waals surface area (Å²) in [6.45, 7) is 3.87. The second-order valence-electron chi connectivity index (χ2n) is 6.74. The molecule has 0 unspecified atom stereocenters. The minimum atomic E-state index is -0.472. The summed E-state index contributed by atoms with van der Waals surface area (Å²) in [5.41, 5.74) is 3.29. The second kappa shape index (κ2) is 8.61. The van der Waals surface area contributed by atoms with Crippen molar-refractivity contribution in [3.8, 4) is 17.0 Å². The number of aromatic nitrogens is 2. The van der Waals surface area contributed by atoms with Crippen LogP contribution in [-0.2, 0) is 4.74 Å². The van der Waals surface area contributed by atoms with E-state index in [9.17, 15) is 9.59 Å². The van der Waals surface area contributed by atoms with Gasteiger partial charge in [-0.15, -0.1) is 0 Å². The molecule has 31 heavy (non-hydrogen) atoms. The molecule has 1 N–H and O–H groups in total. The number of nitrogens with zero attached hydrogens (tertiary/aromatic N) is 2. The van der Waals surface area contributed by atoms with Gasteiger partial charge in [0, 0.05) is 17.5 Å². The quantitative estimate of drug-likeness (QED) is 0.440. The van der Waals surface area contributed by atoms with Gasteiger partial charge in [0.1, 0.15) is 10.6 Å². The van der Waals surface area contributed by atoms with E-state index >= 15 is 0 Å². The van der Waals surface area contributed by atoms with Crippen LogP contribution in [0.1, 0.15) is 32.6 Å². The van der Waals surface area contributed by atoms with E-state index in [2.05, 4.69) is 10.3 Å². The molecule has 0 bridgehead atoms. The van der Waals surface area contributed by atoms with Crippen LogP contribution in [0.25, 0.3) is 16.2 Å². The van der Waals surface area contributed by atoms with Crippen LogP contribution < -0.4 is 10.1 Å². The fourth-order valence-corrected chi connectivity index (χ4v) is 4.22. The number of anilines is 1. The summed E-state index contributed by atoms with van der Waals surface area (Å²) in [6.07, 6.45) is 1.91. The molecule has 0 atom stereocenters. The molecule has 2 heterocycles. The van der Waals surface area contributed by atoms with E-state index < -0.39 is 5.97 Å². The van der Waals surface area contributed by atoms with Gasteiger partial charge in [0.25, 0.3) is 5.91 Å². The van der Waals surface area contributed by atoms with Gasteiger partial charge in [0.05, 0.1) is 30.7 Å². The van der Waals surface area contributed by atoms with Gasteiger partial charge in [0.2, 0.25) is 0 Å². The number of nitrogens with one attached hydrogen (secondary N) is 1. The van der Waals surface area contributed by atoms with E-state index in [1.165, 1.54) is 11.3 Å². The molecule has 158 valence electrons. The molecular weight excluding hydrogens is 414 g/mol. The number of thiazole rings is 1. The fraction of sp³-hybridized carbons (Fsp3) is 0.174. The second-order valence-corrected chi connectivity index (χ2v) is 7.72. The van der Waals surface area contributed by atoms with Gasteiger partial charge in [-0.25, -0.2) is 9.78 Å². The number of hydrogen-bond acceptors (Lipinski definition) is 6. The summed E-state index contributed by atoms with van der Waals surface area (Å²) in [5.74, 6) is 0.0130. The summed E-state index contributed by atoms with van der Waals surface area (Å²) in [5, 5.41) is 2.83. The number of hydrogen-bond donors (Lipinski definition) is 1. The lowest BCUT2D eigenvalue weighted by molar-refractivity contribution is 0.0527. The van der Waals surface area contributed by atoms with Gasteiger partial charge < -0.3 is 14.8 Å². The van der Waals surface area contributed by atoms with E-state index in [1.54, 1.807) is 38.3 Å². The first-order chi connectivity index (χ1) is 15.0. The number of esters is 1. The normalized spacial score (nSPS) is 10.8. The number of benzene rings is 2. The molecule has 0 saturated heterocycles. The zero-order chi connectivity index (χ0) is 22.0. The number of carbonyl (C=O) groups excluding carboxylic acids is 2. The van der Waals surface area contributed by atoms with Crippen molar-refractivity contribution < 1.29 is 19.1 Å². The maximum Gasteiger partial charge on any atom is 0.340 e. The molecule has 4 aromatic rings. The molecule has 2 aromatic heterocycles. The Morgan fingerprint density at radius 1 is 1.13 bits per heavy atom. The third-order valence-corrected chi connectivity index (χ3v) is 5.97. The van der Waals surface area contributed by atoms with E-state index in [4.69, 9.17) is 9.47 Å². The van der Waals surface area contributed by atoms with Crippen LogP contribution in [-0.4, -0.2) is 35.0 Å². The SMILES string of the molecule is CCOC(=O)c1ccccc1NC(=O)c1sc2nc(-c3ccc(OC)cc3)cn2c1C. The van der Waals surface area contributed by atoms with E-state index in [0.29, 0.717) is 21.1 Å². The molecule has 0 aliphatic heterocycles. The Kier molecular flexibility index (Phi) is 5.73. The van der Waals surface area contributed by atoms with Gasteiger partial charge in [-0.3, -0.25) is 9.20 Å². The lowest BCUT2D eigenvalue weighted by Crippen LogP contribution is -2.16. The largest absolute Gasteiger partial charge is 0.497 e. The average molecular weight is 436 g/mol. The lowest BCUT2D eigenvalue weighted by Gasteiger charge is -2.10. The third-order valence-electron chi connectivity index (χ3n) is 4.82. The summed E-state index contributed by atoms with van der Waals surface area (Å²) < 4.78 is 12.2. The Bertz CT molecular complexity index is 1260. The average Bonchev–Trinajstić information content (AvgIpc) is 3.34. The van der Waals surface area contributed by atoms with Crippen molar-refractivity contribution in [2.75, 3.05) is 19.0 Å². The molecule has 2 aromatic carbocycles. The van der Waals surface area contributed by atoms with Crippen molar-refractivity contribution in [1.82, 2.24) is 9.38 Å². The number of ether oxygens (including phenoxy) is 2. The molecule has 0 saturated carbocycles. The summed E-state index contributed by atoms with van der Waals surface area (Å²) in [4.78, 5) is 31.0. The Morgan fingerprint density at radius 3 is 2.55 bits per heavy atom. The van der Waals surface area contributed by atoms with Gasteiger partial charge in [-0.05, 0) is 50.2 Å². The van der Waals surface area contributed by atoms with Crippen molar-refractivity contribution in [1.29, 1.82) is 0 Å². The third kappa shape index (κ3) is 4.02. The predicted octanol–water partition coefficient (Wildman–Crippen LogP) is 4.81. The smallest absolute Gasteiger partial charge is 0.340 e. The van der Waals surface area contributed by atoms with Crippen LogP contribution in [0.2, 0.25) is 0 Å². The highest BCUT2D eigenvalue weighted by atomic mass is 32.1. The molecule has 7 nitrogen and oxygen atoms in total. The maximum atomic E-state index is 13.0. The minimum absolute atomic E-state index is 0.263. The molecule has 0 radical (unpaired) electrons. The highest BCUT2D eigenvalue weighted by Gasteiger charge is 2.20. The Balaban J connectivity index is 1.60. The number of para-hydroxylation sites is 1. The highest BCUT2D eigenvalue weighted by molar-refractivity contribution is 7.19. The number of carbonyl (C=O) groups is 2.